The van der Waals surface area contributed by atoms with E-state index in [-0.39, 0.29) is 19.1 Å². The number of hydrogen-bond acceptors (Lipinski definition) is 6. The number of rotatable bonds is 9. The molecule has 1 aliphatic carbocycles. The van der Waals surface area contributed by atoms with Gasteiger partial charge in [-0.1, -0.05) is 48.6 Å². The number of benzene rings is 2. The summed E-state index contributed by atoms with van der Waals surface area (Å²) in [6.07, 6.45) is 5.44. The van der Waals surface area contributed by atoms with E-state index >= 15 is 0 Å². The van der Waals surface area contributed by atoms with Crippen molar-refractivity contribution in [1.82, 2.24) is 0 Å². The van der Waals surface area contributed by atoms with Gasteiger partial charge in [-0.15, -0.1) is 0 Å². The summed E-state index contributed by atoms with van der Waals surface area (Å²) in [5.41, 5.74) is -1.27. The first kappa shape index (κ1) is 22.7. The molecule has 7 heteroatoms. The Morgan fingerprint density at radius 1 is 1.06 bits per heavy atom. The second-order valence-electron chi connectivity index (χ2n) is 7.05. The summed E-state index contributed by atoms with van der Waals surface area (Å²) in [6, 6.07) is 11.4. The first-order valence-electron chi connectivity index (χ1n) is 10.1. The Bertz CT molecular complexity index is 1040. The molecule has 6 nitrogen and oxygen atoms in total. The summed E-state index contributed by atoms with van der Waals surface area (Å²) >= 11 is 0. The Hall–Kier alpha value is -2.93. The summed E-state index contributed by atoms with van der Waals surface area (Å²) in [5.74, 6) is -0.875. The van der Waals surface area contributed by atoms with Crippen LogP contribution in [0.15, 0.2) is 64.9 Å². The van der Waals surface area contributed by atoms with Gasteiger partial charge in [-0.2, -0.15) is 0 Å². The predicted octanol–water partition coefficient (Wildman–Crippen LogP) is 4.16. The zero-order valence-corrected chi connectivity index (χ0v) is 18.6. The monoisotopic (exact) mass is 442 g/mol. The maximum Gasteiger partial charge on any atom is 0.324 e. The van der Waals surface area contributed by atoms with Crippen LogP contribution in [0.1, 0.15) is 20.3 Å². The number of methoxy groups -OCH3 is 1. The topological polar surface area (TPSA) is 78.9 Å². The van der Waals surface area contributed by atoms with Crippen LogP contribution in [0.5, 0.6) is 5.75 Å². The van der Waals surface area contributed by atoms with Crippen LogP contribution < -0.4 is 4.74 Å². The zero-order valence-electron chi connectivity index (χ0n) is 17.8. The molecule has 3 rings (SSSR count). The van der Waals surface area contributed by atoms with Crippen LogP contribution in [-0.4, -0.2) is 36.5 Å². The van der Waals surface area contributed by atoms with Gasteiger partial charge in [0.2, 0.25) is 0 Å². The van der Waals surface area contributed by atoms with Crippen LogP contribution in [0.2, 0.25) is 0 Å². The fourth-order valence-electron chi connectivity index (χ4n) is 3.57. The van der Waals surface area contributed by atoms with E-state index in [1.165, 1.54) is 0 Å². The molecule has 2 aromatic carbocycles. The Labute approximate surface area is 184 Å². The van der Waals surface area contributed by atoms with Gasteiger partial charge in [0, 0.05) is 16.7 Å². The standard InChI is InChI=1S/C24H26O6S/c1-4-29-22(25)24(23(26)30-5-2)16-18(24)11-8-9-15-31(27)21-19-12-7-6-10-17(19)13-14-20(21)28-3/h6-15,18H,4-5,16H2,1-3H3/b11-8+,15-9-. The molecule has 0 aliphatic heterocycles. The zero-order chi connectivity index (χ0) is 22.4. The molecule has 1 aliphatic rings. The van der Waals surface area contributed by atoms with Gasteiger partial charge < -0.3 is 14.2 Å². The fraction of sp³-hybridized carbons (Fsp3) is 0.333. The van der Waals surface area contributed by atoms with Crippen molar-refractivity contribution in [3.63, 3.8) is 0 Å². The highest BCUT2D eigenvalue weighted by molar-refractivity contribution is 7.88. The van der Waals surface area contributed by atoms with E-state index in [4.69, 9.17) is 14.2 Å². The lowest BCUT2D eigenvalue weighted by Crippen LogP contribution is -2.31. The molecule has 1 fully saturated rings. The molecule has 2 unspecified atom stereocenters. The lowest BCUT2D eigenvalue weighted by atomic mass is 10.0. The van der Waals surface area contributed by atoms with Crippen LogP contribution in [0.4, 0.5) is 0 Å². The van der Waals surface area contributed by atoms with Crippen molar-refractivity contribution in [2.45, 2.75) is 25.2 Å². The average molecular weight is 443 g/mol. The van der Waals surface area contributed by atoms with Gasteiger partial charge in [-0.05, 0) is 31.7 Å². The van der Waals surface area contributed by atoms with Crippen molar-refractivity contribution in [3.05, 3.63) is 60.0 Å². The molecule has 2 atom stereocenters. The third-order valence-electron chi connectivity index (χ3n) is 5.22. The Balaban J connectivity index is 1.77. The normalized spacial score (nSPS) is 18.2. The Morgan fingerprint density at radius 3 is 2.39 bits per heavy atom. The van der Waals surface area contributed by atoms with Crippen molar-refractivity contribution in [2.24, 2.45) is 11.3 Å². The van der Waals surface area contributed by atoms with Crippen molar-refractivity contribution in [3.8, 4) is 5.75 Å². The molecular weight excluding hydrogens is 416 g/mol. The molecule has 0 radical (unpaired) electrons. The lowest BCUT2D eigenvalue weighted by Gasteiger charge is -2.13. The molecule has 1 saturated carbocycles. The van der Waals surface area contributed by atoms with Crippen molar-refractivity contribution >= 4 is 33.5 Å². The van der Waals surface area contributed by atoms with E-state index in [1.807, 2.05) is 30.3 Å². The van der Waals surface area contributed by atoms with Crippen LogP contribution in [0, 0.1) is 11.3 Å². The van der Waals surface area contributed by atoms with E-state index < -0.39 is 28.2 Å². The third-order valence-corrected chi connectivity index (χ3v) is 6.44. The number of allylic oxidation sites excluding steroid dienone is 3. The smallest absolute Gasteiger partial charge is 0.324 e. The second-order valence-corrected chi connectivity index (χ2v) is 8.33. The van der Waals surface area contributed by atoms with Crippen LogP contribution >= 0.6 is 0 Å². The number of carbonyl (C=O) groups is 2. The van der Waals surface area contributed by atoms with Crippen LogP contribution in [-0.2, 0) is 29.9 Å². The van der Waals surface area contributed by atoms with Gasteiger partial charge in [0.1, 0.15) is 5.75 Å². The van der Waals surface area contributed by atoms with Gasteiger partial charge in [-0.3, -0.25) is 9.59 Å². The van der Waals surface area contributed by atoms with E-state index in [2.05, 4.69) is 0 Å². The van der Waals surface area contributed by atoms with Crippen LogP contribution in [0.25, 0.3) is 10.8 Å². The van der Waals surface area contributed by atoms with Crippen molar-refractivity contribution in [2.75, 3.05) is 20.3 Å². The highest BCUT2D eigenvalue weighted by Gasteiger charge is 2.67. The third kappa shape index (κ3) is 4.56. The number of hydrogen-bond donors (Lipinski definition) is 0. The van der Waals surface area contributed by atoms with Crippen molar-refractivity contribution < 1.29 is 28.0 Å². The Morgan fingerprint density at radius 2 is 1.74 bits per heavy atom. The molecule has 31 heavy (non-hydrogen) atoms. The first-order chi connectivity index (χ1) is 15.0. The summed E-state index contributed by atoms with van der Waals surface area (Å²) < 4.78 is 28.5. The number of fused-ring (bicyclic) bond motifs is 1. The maximum absolute atomic E-state index is 13.0. The van der Waals surface area contributed by atoms with E-state index in [1.54, 1.807) is 50.7 Å². The highest BCUT2D eigenvalue weighted by atomic mass is 32.2. The van der Waals surface area contributed by atoms with Crippen molar-refractivity contribution in [1.29, 1.82) is 0 Å². The molecule has 0 N–H and O–H groups in total. The average Bonchev–Trinajstić information content (AvgIpc) is 3.51. The number of carbonyl (C=O) groups excluding carboxylic acids is 2. The molecule has 164 valence electrons. The van der Waals surface area contributed by atoms with Gasteiger partial charge in [0.25, 0.3) is 0 Å². The minimum Gasteiger partial charge on any atom is -0.495 e. The lowest BCUT2D eigenvalue weighted by molar-refractivity contribution is -0.164. The summed E-state index contributed by atoms with van der Waals surface area (Å²) in [7, 11) is 0.101. The Kier molecular flexibility index (Phi) is 7.28. The van der Waals surface area contributed by atoms with E-state index in [0.717, 1.165) is 10.8 Å². The fourth-order valence-corrected chi connectivity index (χ4v) is 4.69. The minimum atomic E-state index is -1.45. The second kappa shape index (κ2) is 9.92. The summed E-state index contributed by atoms with van der Waals surface area (Å²) in [6.45, 7) is 3.79. The van der Waals surface area contributed by atoms with Gasteiger partial charge in [0.15, 0.2) is 5.41 Å². The molecule has 0 heterocycles. The maximum atomic E-state index is 13.0. The predicted molar refractivity (Wildman–Crippen MR) is 119 cm³/mol. The molecule has 0 spiro atoms. The van der Waals surface area contributed by atoms with E-state index in [0.29, 0.717) is 17.1 Å². The SMILES string of the molecule is CCOC(=O)C1(C(=O)OCC)CC1/C=C/C=C\S(=O)c1c(OC)ccc2ccccc12. The summed E-state index contributed by atoms with van der Waals surface area (Å²) in [4.78, 5) is 25.3. The molecule has 0 bridgehead atoms. The van der Waals surface area contributed by atoms with E-state index in [9.17, 15) is 13.8 Å². The molecular formula is C24H26O6S. The molecule has 2 aromatic rings. The summed E-state index contributed by atoms with van der Waals surface area (Å²) in [5, 5.41) is 3.39. The highest BCUT2D eigenvalue weighted by Crippen LogP contribution is 2.55. The number of esters is 2. The minimum absolute atomic E-state index is 0.197. The van der Waals surface area contributed by atoms with Crippen LogP contribution in [0.3, 0.4) is 0 Å². The van der Waals surface area contributed by atoms with Gasteiger partial charge >= 0.3 is 11.9 Å². The number of ether oxygens (including phenoxy) is 3. The molecule has 0 amide bonds. The quantitative estimate of drug-likeness (QED) is 0.330. The van der Waals surface area contributed by atoms with Gasteiger partial charge in [0.05, 0.1) is 36.0 Å². The molecule has 0 aromatic heterocycles. The first-order valence-corrected chi connectivity index (χ1v) is 11.4. The molecule has 0 saturated heterocycles. The van der Waals surface area contributed by atoms with Gasteiger partial charge in [-0.25, -0.2) is 4.21 Å². The largest absolute Gasteiger partial charge is 0.495 e.